The monoisotopic (exact) mass is 279 g/mol. The van der Waals surface area contributed by atoms with E-state index in [1.54, 1.807) is 13.2 Å². The van der Waals surface area contributed by atoms with E-state index in [4.69, 9.17) is 10.5 Å². The van der Waals surface area contributed by atoms with Crippen LogP contribution in [-0.2, 0) is 0 Å². The molecule has 0 bridgehead atoms. The van der Waals surface area contributed by atoms with Gasteiger partial charge in [-0.2, -0.15) is 0 Å². The molecule has 0 amide bonds. The molecule has 0 heterocycles. The second-order valence-corrected chi connectivity index (χ2v) is 3.67. The lowest BCUT2D eigenvalue weighted by atomic mass is 10.3. The summed E-state index contributed by atoms with van der Waals surface area (Å²) in [5, 5.41) is 0. The van der Waals surface area contributed by atoms with Crippen molar-refractivity contribution in [1.82, 2.24) is 0 Å². The quantitative estimate of drug-likeness (QED) is 0.803. The fraction of sp³-hybridized carbons (Fsp3) is 0.143. The minimum absolute atomic E-state index is 0.678. The molecule has 0 aliphatic carbocycles. The number of hydrogen-bond acceptors (Lipinski definition) is 2. The van der Waals surface area contributed by atoms with E-state index in [0.29, 0.717) is 5.69 Å². The van der Waals surface area contributed by atoms with Crippen LogP contribution in [0.15, 0.2) is 21.1 Å². The molecule has 2 nitrogen and oxygen atoms in total. The largest absolute Gasteiger partial charge is 0.495 e. The molecule has 0 aliphatic heterocycles. The summed E-state index contributed by atoms with van der Waals surface area (Å²) >= 11 is 6.68. The molecule has 0 radical (unpaired) electrons. The molecule has 1 aromatic rings. The van der Waals surface area contributed by atoms with Crippen molar-refractivity contribution in [2.75, 3.05) is 12.8 Å². The summed E-state index contributed by atoms with van der Waals surface area (Å²) < 4.78 is 6.83. The second-order valence-electron chi connectivity index (χ2n) is 2.02. The van der Waals surface area contributed by atoms with E-state index in [2.05, 4.69) is 31.9 Å². The van der Waals surface area contributed by atoms with Crippen molar-refractivity contribution in [1.29, 1.82) is 0 Å². The zero-order valence-corrected chi connectivity index (χ0v) is 9.07. The Labute approximate surface area is 82.0 Å². The van der Waals surface area contributed by atoms with Gasteiger partial charge in [-0.15, -0.1) is 0 Å². The van der Waals surface area contributed by atoms with Crippen LogP contribution in [0, 0.1) is 0 Å². The molecule has 0 saturated heterocycles. The van der Waals surface area contributed by atoms with E-state index in [0.717, 1.165) is 14.7 Å². The molecule has 1 aromatic carbocycles. The third kappa shape index (κ3) is 1.87. The molecule has 4 heteroatoms. The van der Waals surface area contributed by atoms with Crippen LogP contribution in [-0.4, -0.2) is 7.11 Å². The maximum Gasteiger partial charge on any atom is 0.136 e. The lowest BCUT2D eigenvalue weighted by Gasteiger charge is -2.05. The van der Waals surface area contributed by atoms with Crippen molar-refractivity contribution in [2.45, 2.75) is 0 Å². The van der Waals surface area contributed by atoms with Gasteiger partial charge in [0, 0.05) is 16.2 Å². The number of halogens is 2. The molecule has 60 valence electrons. The molecule has 0 atom stereocenters. The van der Waals surface area contributed by atoms with Crippen LogP contribution >= 0.6 is 31.9 Å². The lowest BCUT2D eigenvalue weighted by molar-refractivity contribution is 0.412. The van der Waals surface area contributed by atoms with Crippen LogP contribution < -0.4 is 10.5 Å². The van der Waals surface area contributed by atoms with Gasteiger partial charge in [0.1, 0.15) is 5.75 Å². The number of rotatable bonds is 1. The van der Waals surface area contributed by atoms with Crippen molar-refractivity contribution in [3.63, 3.8) is 0 Å². The third-order valence-corrected chi connectivity index (χ3v) is 3.21. The summed E-state index contributed by atoms with van der Waals surface area (Å²) in [5.74, 6) is 0.733. The van der Waals surface area contributed by atoms with Gasteiger partial charge in [0.05, 0.1) is 11.6 Å². The zero-order valence-electron chi connectivity index (χ0n) is 5.90. The number of methoxy groups -OCH3 is 1. The predicted molar refractivity (Wildman–Crippen MR) is 52.8 cm³/mol. The van der Waals surface area contributed by atoms with Gasteiger partial charge in [-0.05, 0) is 37.9 Å². The predicted octanol–water partition coefficient (Wildman–Crippen LogP) is 2.80. The first-order chi connectivity index (χ1) is 5.15. The lowest BCUT2D eigenvalue weighted by Crippen LogP contribution is -1.89. The molecule has 0 fully saturated rings. The molecule has 0 unspecified atom stereocenters. The standard InChI is InChI=1S/C7H7Br2NO/c1-11-6-3-4(10)2-5(8)7(6)9/h2-3H,10H2,1H3. The van der Waals surface area contributed by atoms with Gasteiger partial charge >= 0.3 is 0 Å². The van der Waals surface area contributed by atoms with Crippen LogP contribution in [0.25, 0.3) is 0 Å². The Morgan fingerprint density at radius 3 is 2.55 bits per heavy atom. The van der Waals surface area contributed by atoms with Crippen LogP contribution in [0.1, 0.15) is 0 Å². The highest BCUT2D eigenvalue weighted by atomic mass is 79.9. The summed E-state index contributed by atoms with van der Waals surface area (Å²) in [4.78, 5) is 0. The number of ether oxygens (including phenoxy) is 1. The van der Waals surface area contributed by atoms with Gasteiger partial charge in [0.15, 0.2) is 0 Å². The Bertz CT molecular complexity index is 275. The highest BCUT2D eigenvalue weighted by molar-refractivity contribution is 9.13. The van der Waals surface area contributed by atoms with E-state index in [-0.39, 0.29) is 0 Å². The molecule has 1 rings (SSSR count). The summed E-state index contributed by atoms with van der Waals surface area (Å²) in [6.45, 7) is 0. The minimum Gasteiger partial charge on any atom is -0.495 e. The summed E-state index contributed by atoms with van der Waals surface area (Å²) in [5.41, 5.74) is 6.25. The van der Waals surface area contributed by atoms with E-state index in [9.17, 15) is 0 Å². The van der Waals surface area contributed by atoms with Gasteiger partial charge in [-0.1, -0.05) is 0 Å². The fourth-order valence-corrected chi connectivity index (χ4v) is 1.58. The third-order valence-electron chi connectivity index (χ3n) is 1.24. The van der Waals surface area contributed by atoms with E-state index >= 15 is 0 Å². The zero-order chi connectivity index (χ0) is 8.43. The van der Waals surface area contributed by atoms with Crippen molar-refractivity contribution >= 4 is 37.5 Å². The first-order valence-corrected chi connectivity index (χ1v) is 4.52. The Morgan fingerprint density at radius 1 is 1.36 bits per heavy atom. The SMILES string of the molecule is COc1cc(N)cc(Br)c1Br. The molecule has 0 spiro atoms. The average Bonchev–Trinajstić information content (AvgIpc) is 1.96. The molecular weight excluding hydrogens is 274 g/mol. The summed E-state index contributed by atoms with van der Waals surface area (Å²) in [6, 6.07) is 3.57. The second kappa shape index (κ2) is 3.45. The minimum atomic E-state index is 0.678. The molecule has 2 N–H and O–H groups in total. The highest BCUT2D eigenvalue weighted by Gasteiger charge is 2.04. The first kappa shape index (κ1) is 8.87. The molecule has 11 heavy (non-hydrogen) atoms. The Kier molecular flexibility index (Phi) is 2.78. The molecule has 0 aliphatic rings. The number of benzene rings is 1. The number of nitrogen functional groups attached to an aromatic ring is 1. The number of hydrogen-bond donors (Lipinski definition) is 1. The van der Waals surface area contributed by atoms with Crippen molar-refractivity contribution in [3.8, 4) is 5.75 Å². The number of nitrogens with two attached hydrogens (primary N) is 1. The maximum absolute atomic E-state index is 5.57. The first-order valence-electron chi connectivity index (χ1n) is 2.93. The van der Waals surface area contributed by atoms with Crippen LogP contribution in [0.5, 0.6) is 5.75 Å². The number of anilines is 1. The van der Waals surface area contributed by atoms with E-state index < -0.39 is 0 Å². The Hall–Kier alpha value is -0.220. The summed E-state index contributed by atoms with van der Waals surface area (Å²) in [7, 11) is 1.60. The summed E-state index contributed by atoms with van der Waals surface area (Å²) in [6.07, 6.45) is 0. The van der Waals surface area contributed by atoms with Crippen molar-refractivity contribution < 1.29 is 4.74 Å². The van der Waals surface area contributed by atoms with E-state index in [1.807, 2.05) is 6.07 Å². The van der Waals surface area contributed by atoms with E-state index in [1.165, 1.54) is 0 Å². The van der Waals surface area contributed by atoms with Gasteiger partial charge in [-0.25, -0.2) is 0 Å². The Balaban J connectivity index is 3.24. The smallest absolute Gasteiger partial charge is 0.136 e. The molecular formula is C7H7Br2NO. The van der Waals surface area contributed by atoms with Crippen molar-refractivity contribution in [3.05, 3.63) is 21.1 Å². The van der Waals surface area contributed by atoms with Gasteiger partial charge in [-0.3, -0.25) is 0 Å². The van der Waals surface area contributed by atoms with Gasteiger partial charge < -0.3 is 10.5 Å². The maximum atomic E-state index is 5.57. The average molecular weight is 281 g/mol. The van der Waals surface area contributed by atoms with Crippen LogP contribution in [0.2, 0.25) is 0 Å². The highest BCUT2D eigenvalue weighted by Crippen LogP contribution is 2.34. The van der Waals surface area contributed by atoms with Crippen molar-refractivity contribution in [2.24, 2.45) is 0 Å². The van der Waals surface area contributed by atoms with Gasteiger partial charge in [0.2, 0.25) is 0 Å². The van der Waals surface area contributed by atoms with Gasteiger partial charge in [0.25, 0.3) is 0 Å². The van der Waals surface area contributed by atoms with Crippen LogP contribution in [0.3, 0.4) is 0 Å². The van der Waals surface area contributed by atoms with Crippen LogP contribution in [0.4, 0.5) is 5.69 Å². The fourth-order valence-electron chi connectivity index (χ4n) is 0.732. The molecule has 0 aromatic heterocycles. The Morgan fingerprint density at radius 2 is 2.00 bits per heavy atom. The topological polar surface area (TPSA) is 35.2 Å². The molecule has 0 saturated carbocycles. The normalized spacial score (nSPS) is 9.73.